The van der Waals surface area contributed by atoms with Crippen LogP contribution in [0.15, 0.2) is 27.4 Å². The van der Waals surface area contributed by atoms with Crippen molar-refractivity contribution < 1.29 is 23.5 Å². The number of hydrogen-bond donors (Lipinski definition) is 1. The number of nitrogens with one attached hydrogen (secondary N) is 1. The van der Waals surface area contributed by atoms with Crippen LogP contribution in [0.4, 0.5) is 5.69 Å². The van der Waals surface area contributed by atoms with Gasteiger partial charge in [0.2, 0.25) is 11.8 Å². The largest absolute Gasteiger partial charge is 0.491 e. The number of carbonyl (C=O) groups is 2. The van der Waals surface area contributed by atoms with Gasteiger partial charge in [-0.05, 0) is 51.8 Å². The van der Waals surface area contributed by atoms with Gasteiger partial charge in [-0.2, -0.15) is 0 Å². The van der Waals surface area contributed by atoms with Gasteiger partial charge in [0.25, 0.3) is 0 Å². The quantitative estimate of drug-likeness (QED) is 0.763. The summed E-state index contributed by atoms with van der Waals surface area (Å²) in [4.78, 5) is 37.5. The first-order valence-electron chi connectivity index (χ1n) is 9.46. The third-order valence-corrected chi connectivity index (χ3v) is 4.48. The molecule has 1 aromatic carbocycles. The van der Waals surface area contributed by atoms with Crippen LogP contribution in [0.2, 0.25) is 0 Å². The minimum absolute atomic E-state index is 0.103. The Morgan fingerprint density at radius 1 is 1.34 bits per heavy atom. The van der Waals surface area contributed by atoms with Crippen LogP contribution in [0.5, 0.6) is 5.75 Å². The lowest BCUT2D eigenvalue weighted by atomic mass is 10.0. The van der Waals surface area contributed by atoms with Gasteiger partial charge in [-0.15, -0.1) is 5.10 Å². The molecule has 9 heteroatoms. The molecule has 3 rings (SSSR count). The van der Waals surface area contributed by atoms with Gasteiger partial charge >= 0.3 is 11.7 Å². The maximum absolute atomic E-state index is 12.9. The van der Waals surface area contributed by atoms with E-state index in [4.69, 9.17) is 13.9 Å². The normalized spacial score (nSPS) is 16.8. The van der Waals surface area contributed by atoms with Crippen molar-refractivity contribution in [2.75, 3.05) is 18.6 Å². The van der Waals surface area contributed by atoms with Crippen LogP contribution in [0.3, 0.4) is 0 Å². The molecule has 29 heavy (non-hydrogen) atoms. The van der Waals surface area contributed by atoms with Crippen molar-refractivity contribution in [2.24, 2.45) is 5.92 Å². The zero-order chi connectivity index (χ0) is 21.2. The predicted octanol–water partition coefficient (Wildman–Crippen LogP) is 2.51. The Kier molecular flexibility index (Phi) is 5.76. The van der Waals surface area contributed by atoms with Crippen LogP contribution >= 0.6 is 0 Å². The predicted molar refractivity (Wildman–Crippen MR) is 105 cm³/mol. The zero-order valence-electron chi connectivity index (χ0n) is 17.0. The molecule has 1 amide bonds. The maximum Gasteiger partial charge on any atom is 0.434 e. The molecule has 1 atom stereocenters. The lowest BCUT2D eigenvalue weighted by Crippen LogP contribution is -2.33. The van der Waals surface area contributed by atoms with Crippen molar-refractivity contribution in [3.05, 3.63) is 28.7 Å². The summed E-state index contributed by atoms with van der Waals surface area (Å²) in [7, 11) is 1.67. The number of benzene rings is 1. The van der Waals surface area contributed by atoms with E-state index in [-0.39, 0.29) is 36.7 Å². The molecule has 0 bridgehead atoms. The van der Waals surface area contributed by atoms with Gasteiger partial charge in [-0.25, -0.2) is 9.89 Å². The number of carbonyl (C=O) groups excluding carboxylic acids is 2. The third-order valence-electron chi connectivity index (χ3n) is 4.48. The molecule has 1 N–H and O–H groups in total. The van der Waals surface area contributed by atoms with Gasteiger partial charge in [0.15, 0.2) is 0 Å². The van der Waals surface area contributed by atoms with Gasteiger partial charge in [0.1, 0.15) is 11.4 Å². The molecule has 1 aliphatic heterocycles. The van der Waals surface area contributed by atoms with Crippen LogP contribution in [0.25, 0.3) is 11.5 Å². The molecule has 1 unspecified atom stereocenters. The highest BCUT2D eigenvalue weighted by atomic mass is 16.6. The number of hydrogen-bond acceptors (Lipinski definition) is 7. The number of amides is 1. The molecule has 0 saturated carbocycles. The number of aromatic nitrogens is 2. The topological polar surface area (TPSA) is 115 Å². The molecule has 2 aromatic rings. The lowest BCUT2D eigenvalue weighted by molar-refractivity contribution is -0.155. The molecule has 0 fully saturated rings. The van der Waals surface area contributed by atoms with E-state index in [1.165, 1.54) is 4.90 Å². The summed E-state index contributed by atoms with van der Waals surface area (Å²) in [5.41, 5.74) is 0.590. The highest BCUT2D eigenvalue weighted by Crippen LogP contribution is 2.36. The maximum atomic E-state index is 12.9. The van der Waals surface area contributed by atoms with E-state index in [0.717, 1.165) is 0 Å². The molecule has 2 heterocycles. The van der Waals surface area contributed by atoms with E-state index in [1.54, 1.807) is 25.2 Å². The van der Waals surface area contributed by atoms with E-state index < -0.39 is 11.4 Å². The fourth-order valence-electron chi connectivity index (χ4n) is 3.13. The molecular formula is C20H25N3O6. The van der Waals surface area contributed by atoms with Crippen LogP contribution in [-0.2, 0) is 14.3 Å². The average Bonchev–Trinajstić information content (AvgIpc) is 3.03. The number of esters is 1. The Labute approximate surface area is 168 Å². The second kappa shape index (κ2) is 8.10. The standard InChI is InChI=1S/C20H25N3O6/c1-20(2,3)29-16(24)7-5-6-13-11-27-15-9-8-12(17-21-22-19(26)28-17)10-14(15)23(4)18(13)25/h8-10,13H,5-7,11H2,1-4H3,(H,22,26). The number of H-pyrrole nitrogens is 1. The van der Waals surface area contributed by atoms with Crippen molar-refractivity contribution >= 4 is 17.6 Å². The Morgan fingerprint density at radius 3 is 2.76 bits per heavy atom. The van der Waals surface area contributed by atoms with Gasteiger partial charge in [-0.1, -0.05) is 0 Å². The van der Waals surface area contributed by atoms with Crippen molar-refractivity contribution in [3.8, 4) is 17.2 Å². The van der Waals surface area contributed by atoms with E-state index in [1.807, 2.05) is 20.8 Å². The van der Waals surface area contributed by atoms with E-state index in [2.05, 4.69) is 10.2 Å². The first-order chi connectivity index (χ1) is 13.6. The summed E-state index contributed by atoms with van der Waals surface area (Å²) in [6, 6.07) is 5.11. The molecule has 0 radical (unpaired) electrons. The Balaban J connectivity index is 1.67. The first kappa shape index (κ1) is 20.6. The number of anilines is 1. The summed E-state index contributed by atoms with van der Waals surface area (Å²) in [5.74, 6) is -0.717. The highest BCUT2D eigenvalue weighted by Gasteiger charge is 2.30. The summed E-state index contributed by atoms with van der Waals surface area (Å²) in [6.07, 6.45) is 1.29. The summed E-state index contributed by atoms with van der Waals surface area (Å²) in [6.45, 7) is 5.69. The summed E-state index contributed by atoms with van der Waals surface area (Å²) < 4.78 is 16.1. The van der Waals surface area contributed by atoms with Crippen LogP contribution < -0.4 is 15.4 Å². The minimum atomic E-state index is -0.652. The molecule has 0 saturated heterocycles. The van der Waals surface area contributed by atoms with E-state index in [9.17, 15) is 14.4 Å². The zero-order valence-corrected chi connectivity index (χ0v) is 17.0. The molecule has 156 valence electrons. The monoisotopic (exact) mass is 403 g/mol. The number of ether oxygens (including phenoxy) is 2. The summed E-state index contributed by atoms with van der Waals surface area (Å²) >= 11 is 0. The first-order valence-corrected chi connectivity index (χ1v) is 9.46. The van der Waals surface area contributed by atoms with Crippen molar-refractivity contribution in [1.29, 1.82) is 0 Å². The number of nitrogens with zero attached hydrogens (tertiary/aromatic N) is 2. The van der Waals surface area contributed by atoms with Crippen molar-refractivity contribution in [3.63, 3.8) is 0 Å². The minimum Gasteiger partial charge on any atom is -0.491 e. The fraction of sp³-hybridized carbons (Fsp3) is 0.500. The third kappa shape index (κ3) is 5.04. The molecule has 9 nitrogen and oxygen atoms in total. The smallest absolute Gasteiger partial charge is 0.434 e. The van der Waals surface area contributed by atoms with Crippen LogP contribution in [0.1, 0.15) is 40.0 Å². The number of aromatic amines is 1. The lowest BCUT2D eigenvalue weighted by Gasteiger charge is -2.21. The average molecular weight is 403 g/mol. The fourth-order valence-corrected chi connectivity index (χ4v) is 3.13. The second-order valence-electron chi connectivity index (χ2n) is 7.98. The van der Waals surface area contributed by atoms with Crippen LogP contribution in [0, 0.1) is 5.92 Å². The van der Waals surface area contributed by atoms with Crippen molar-refractivity contribution in [2.45, 2.75) is 45.6 Å². The number of fused-ring (bicyclic) bond motifs is 1. The van der Waals surface area contributed by atoms with Gasteiger partial charge in [0.05, 0.1) is 18.2 Å². The summed E-state index contributed by atoms with van der Waals surface area (Å²) in [5, 5.41) is 6.02. The second-order valence-corrected chi connectivity index (χ2v) is 7.98. The molecule has 1 aromatic heterocycles. The Bertz CT molecular complexity index is 956. The molecular weight excluding hydrogens is 378 g/mol. The Morgan fingerprint density at radius 2 is 2.10 bits per heavy atom. The van der Waals surface area contributed by atoms with E-state index >= 15 is 0 Å². The van der Waals surface area contributed by atoms with Gasteiger partial charge in [0, 0.05) is 19.0 Å². The Hall–Kier alpha value is -3.10. The van der Waals surface area contributed by atoms with Gasteiger partial charge < -0.3 is 18.8 Å². The van der Waals surface area contributed by atoms with Gasteiger partial charge in [-0.3, -0.25) is 9.59 Å². The molecule has 1 aliphatic rings. The SMILES string of the molecule is CN1C(=O)C(CCCC(=O)OC(C)(C)C)COc2ccc(-c3n[nH]c(=O)o3)cc21. The number of rotatable bonds is 5. The molecule has 0 spiro atoms. The van der Waals surface area contributed by atoms with Crippen LogP contribution in [-0.4, -0.2) is 41.3 Å². The van der Waals surface area contributed by atoms with E-state index in [0.29, 0.717) is 29.8 Å². The van der Waals surface area contributed by atoms with Crippen molar-refractivity contribution in [1.82, 2.24) is 10.2 Å². The highest BCUT2D eigenvalue weighted by molar-refractivity contribution is 5.97. The molecule has 0 aliphatic carbocycles.